The van der Waals surface area contributed by atoms with Crippen LogP contribution in [0.5, 0.6) is 0 Å². The van der Waals surface area contributed by atoms with Gasteiger partial charge in [0.1, 0.15) is 5.78 Å². The molecule has 2 amide bonds. The number of Topliss-reactive ketones (excluding diaryl/α,β-unsaturated/α-hetero) is 1. The first-order valence-electron chi connectivity index (χ1n) is 14.3. The molecule has 222 valence electrons. The summed E-state index contributed by atoms with van der Waals surface area (Å²) in [5.41, 5.74) is 3.95. The topological polar surface area (TPSA) is 103 Å². The maximum Gasteiger partial charge on any atom is 0.227 e. The SMILES string of the molecule is CCC(=O)CCOCCOCCOCCOCCNC(=O)CCC(=O)N1Cc2ccccc2/C=C\c2ccccc21. The van der Waals surface area contributed by atoms with Crippen LogP contribution >= 0.6 is 0 Å². The monoisotopic (exact) mass is 566 g/mol. The Morgan fingerprint density at radius 3 is 2.00 bits per heavy atom. The Bertz CT molecular complexity index is 1130. The van der Waals surface area contributed by atoms with Gasteiger partial charge in [-0.3, -0.25) is 14.4 Å². The van der Waals surface area contributed by atoms with Crippen molar-refractivity contribution in [2.24, 2.45) is 0 Å². The molecule has 0 saturated heterocycles. The van der Waals surface area contributed by atoms with Crippen LogP contribution in [0.3, 0.4) is 0 Å². The molecule has 0 saturated carbocycles. The number of para-hydroxylation sites is 1. The van der Waals surface area contributed by atoms with Gasteiger partial charge in [0, 0.05) is 32.2 Å². The lowest BCUT2D eigenvalue weighted by atomic mass is 10.0. The molecule has 0 radical (unpaired) electrons. The summed E-state index contributed by atoms with van der Waals surface area (Å²) in [4.78, 5) is 38.5. The van der Waals surface area contributed by atoms with Crippen molar-refractivity contribution in [1.29, 1.82) is 0 Å². The van der Waals surface area contributed by atoms with E-state index in [-0.39, 0.29) is 30.4 Å². The summed E-state index contributed by atoms with van der Waals surface area (Å²) in [6.07, 6.45) is 5.32. The number of ketones is 1. The highest BCUT2D eigenvalue weighted by atomic mass is 16.6. The van der Waals surface area contributed by atoms with E-state index in [9.17, 15) is 14.4 Å². The van der Waals surface area contributed by atoms with Gasteiger partial charge < -0.3 is 29.2 Å². The minimum Gasteiger partial charge on any atom is -0.379 e. The first-order chi connectivity index (χ1) is 20.1. The summed E-state index contributed by atoms with van der Waals surface area (Å²) in [5.74, 6) is -0.0748. The summed E-state index contributed by atoms with van der Waals surface area (Å²) in [7, 11) is 0. The maximum absolute atomic E-state index is 13.2. The van der Waals surface area contributed by atoms with Gasteiger partial charge in [-0.2, -0.15) is 0 Å². The standard InChI is InChI=1S/C32H42N2O7/c1-2-29(35)15-17-38-19-21-40-23-24-41-22-20-39-18-16-33-31(36)13-14-32(37)34-25-28-9-4-3-7-26(28)11-12-27-8-5-6-10-30(27)34/h3-12H,2,13-25H2,1H3,(H,33,36)/b12-11-. The molecule has 0 fully saturated rings. The number of carbonyl (C=O) groups excluding carboxylic acids is 3. The van der Waals surface area contributed by atoms with E-state index >= 15 is 0 Å². The molecular weight excluding hydrogens is 524 g/mol. The number of amides is 2. The Morgan fingerprint density at radius 1 is 0.707 bits per heavy atom. The molecule has 1 heterocycles. The van der Waals surface area contributed by atoms with E-state index in [1.54, 1.807) is 4.90 Å². The second-order valence-corrected chi connectivity index (χ2v) is 9.51. The van der Waals surface area contributed by atoms with Crippen molar-refractivity contribution in [3.05, 3.63) is 65.2 Å². The number of anilines is 1. The van der Waals surface area contributed by atoms with Gasteiger partial charge in [-0.25, -0.2) is 0 Å². The molecule has 0 aliphatic carbocycles. The highest BCUT2D eigenvalue weighted by molar-refractivity contribution is 5.98. The zero-order valence-electron chi connectivity index (χ0n) is 24.0. The predicted molar refractivity (Wildman–Crippen MR) is 158 cm³/mol. The van der Waals surface area contributed by atoms with E-state index in [1.807, 2.05) is 61.5 Å². The molecule has 0 aromatic heterocycles. The largest absolute Gasteiger partial charge is 0.379 e. The van der Waals surface area contributed by atoms with Crippen LogP contribution in [0.2, 0.25) is 0 Å². The Balaban J connectivity index is 1.23. The lowest BCUT2D eigenvalue weighted by Crippen LogP contribution is -2.33. The molecule has 0 unspecified atom stereocenters. The molecule has 2 aromatic carbocycles. The van der Waals surface area contributed by atoms with E-state index in [2.05, 4.69) is 11.4 Å². The molecule has 3 rings (SSSR count). The van der Waals surface area contributed by atoms with Crippen molar-refractivity contribution in [3.8, 4) is 0 Å². The van der Waals surface area contributed by atoms with Crippen LogP contribution in [0.4, 0.5) is 5.69 Å². The molecule has 9 nitrogen and oxygen atoms in total. The number of nitrogens with one attached hydrogen (secondary N) is 1. The summed E-state index contributed by atoms with van der Waals surface area (Å²) in [5, 5.41) is 2.81. The second-order valence-electron chi connectivity index (χ2n) is 9.51. The average molecular weight is 567 g/mol. The maximum atomic E-state index is 13.2. The van der Waals surface area contributed by atoms with Gasteiger partial charge in [-0.05, 0) is 22.8 Å². The zero-order valence-corrected chi connectivity index (χ0v) is 24.0. The van der Waals surface area contributed by atoms with Crippen LogP contribution in [-0.4, -0.2) is 77.0 Å². The van der Waals surface area contributed by atoms with E-state index in [0.29, 0.717) is 78.8 Å². The Hall–Kier alpha value is -3.37. The molecule has 1 aliphatic rings. The molecule has 0 spiro atoms. The van der Waals surface area contributed by atoms with Crippen LogP contribution in [0.25, 0.3) is 12.2 Å². The fourth-order valence-electron chi connectivity index (χ4n) is 4.20. The summed E-state index contributed by atoms with van der Waals surface area (Å²) in [6.45, 7) is 6.12. The summed E-state index contributed by atoms with van der Waals surface area (Å²) < 4.78 is 21.7. The predicted octanol–water partition coefficient (Wildman–Crippen LogP) is 4.04. The zero-order chi connectivity index (χ0) is 29.1. The molecule has 0 bridgehead atoms. The van der Waals surface area contributed by atoms with Crippen LogP contribution in [0, 0.1) is 0 Å². The first kappa shape index (κ1) is 32.1. The molecule has 2 aromatic rings. The number of nitrogens with zero attached hydrogens (tertiary/aromatic N) is 1. The minimum absolute atomic E-state index is 0.0916. The Kier molecular flexibility index (Phi) is 14.8. The molecule has 1 aliphatic heterocycles. The highest BCUT2D eigenvalue weighted by Gasteiger charge is 2.21. The van der Waals surface area contributed by atoms with Gasteiger partial charge in [-0.1, -0.05) is 61.5 Å². The van der Waals surface area contributed by atoms with E-state index in [0.717, 1.165) is 22.4 Å². The normalized spacial score (nSPS) is 13.0. The van der Waals surface area contributed by atoms with Crippen molar-refractivity contribution in [2.45, 2.75) is 39.2 Å². The van der Waals surface area contributed by atoms with Gasteiger partial charge in [0.15, 0.2) is 0 Å². The molecule has 1 N–H and O–H groups in total. The van der Waals surface area contributed by atoms with Crippen LogP contribution < -0.4 is 10.2 Å². The Labute approximate surface area is 242 Å². The Morgan fingerprint density at radius 2 is 1.29 bits per heavy atom. The van der Waals surface area contributed by atoms with Gasteiger partial charge >= 0.3 is 0 Å². The third-order valence-corrected chi connectivity index (χ3v) is 6.52. The van der Waals surface area contributed by atoms with E-state index in [4.69, 9.17) is 18.9 Å². The number of fused-ring (bicyclic) bond motifs is 2. The van der Waals surface area contributed by atoms with Crippen molar-refractivity contribution in [1.82, 2.24) is 5.32 Å². The average Bonchev–Trinajstić information content (AvgIpc) is 2.98. The summed E-state index contributed by atoms with van der Waals surface area (Å²) >= 11 is 0. The smallest absolute Gasteiger partial charge is 0.227 e. The minimum atomic E-state index is -0.183. The van der Waals surface area contributed by atoms with Crippen molar-refractivity contribution < 1.29 is 33.3 Å². The fraction of sp³-hybridized carbons (Fsp3) is 0.469. The lowest BCUT2D eigenvalue weighted by molar-refractivity contribution is -0.125. The number of hydrogen-bond acceptors (Lipinski definition) is 7. The second kappa shape index (κ2) is 18.9. The van der Waals surface area contributed by atoms with Gasteiger partial charge in [0.2, 0.25) is 11.8 Å². The molecule has 9 heteroatoms. The molecular formula is C32H42N2O7. The van der Waals surface area contributed by atoms with Crippen molar-refractivity contribution in [3.63, 3.8) is 0 Å². The van der Waals surface area contributed by atoms with Crippen LogP contribution in [0.15, 0.2) is 48.5 Å². The third-order valence-electron chi connectivity index (χ3n) is 6.52. The number of ether oxygens (including phenoxy) is 4. The number of carbonyl (C=O) groups is 3. The highest BCUT2D eigenvalue weighted by Crippen LogP contribution is 2.29. The van der Waals surface area contributed by atoms with E-state index in [1.165, 1.54) is 0 Å². The van der Waals surface area contributed by atoms with Crippen molar-refractivity contribution in [2.75, 3.05) is 64.3 Å². The van der Waals surface area contributed by atoms with Gasteiger partial charge in [-0.15, -0.1) is 0 Å². The molecule has 0 atom stereocenters. The van der Waals surface area contributed by atoms with E-state index < -0.39 is 0 Å². The van der Waals surface area contributed by atoms with Gasteiger partial charge in [0.25, 0.3) is 0 Å². The first-order valence-corrected chi connectivity index (χ1v) is 14.3. The fourth-order valence-corrected chi connectivity index (χ4v) is 4.20. The molecule has 41 heavy (non-hydrogen) atoms. The van der Waals surface area contributed by atoms with Gasteiger partial charge in [0.05, 0.1) is 65.1 Å². The number of hydrogen-bond donors (Lipinski definition) is 1. The third kappa shape index (κ3) is 11.9. The summed E-state index contributed by atoms with van der Waals surface area (Å²) in [6, 6.07) is 15.8. The lowest BCUT2D eigenvalue weighted by Gasteiger charge is -2.27. The number of rotatable bonds is 19. The van der Waals surface area contributed by atoms with Crippen molar-refractivity contribution >= 4 is 35.4 Å². The quantitative estimate of drug-likeness (QED) is 0.256. The number of benzene rings is 2. The van der Waals surface area contributed by atoms with Crippen LogP contribution in [0.1, 0.15) is 49.3 Å². The van der Waals surface area contributed by atoms with Crippen LogP contribution in [-0.2, 0) is 39.9 Å².